The van der Waals surface area contributed by atoms with Crippen LogP contribution in [0.15, 0.2) is 18.2 Å². The van der Waals surface area contributed by atoms with E-state index in [4.69, 9.17) is 4.74 Å². The third kappa shape index (κ3) is 3.57. The number of ether oxygens (including phenoxy) is 1. The molecule has 2 aliphatic rings. The summed E-state index contributed by atoms with van der Waals surface area (Å²) in [5, 5.41) is 2.91. The summed E-state index contributed by atoms with van der Waals surface area (Å²) < 4.78 is 28.6. The van der Waals surface area contributed by atoms with Gasteiger partial charge in [-0.2, -0.15) is 0 Å². The van der Waals surface area contributed by atoms with E-state index in [0.717, 1.165) is 5.56 Å². The first-order valence-corrected chi connectivity index (χ1v) is 10.1. The van der Waals surface area contributed by atoms with Crippen molar-refractivity contribution in [1.29, 1.82) is 0 Å². The van der Waals surface area contributed by atoms with E-state index in [1.54, 1.807) is 6.07 Å². The van der Waals surface area contributed by atoms with E-state index in [1.165, 1.54) is 0 Å². The molecule has 3 rings (SSSR count). The maximum Gasteiger partial charge on any atom is 0.255 e. The average molecular weight is 352 g/mol. The molecule has 2 aliphatic heterocycles. The van der Waals surface area contributed by atoms with Crippen LogP contribution in [0.2, 0.25) is 0 Å². The minimum Gasteiger partial charge on any atom is -0.492 e. The molecule has 0 bridgehead atoms. The number of carbonyl (C=O) groups is 1. The molecule has 0 aromatic heterocycles. The summed E-state index contributed by atoms with van der Waals surface area (Å²) in [6.07, 6.45) is 0. The Balaban J connectivity index is 1.56. The molecule has 1 aromatic carbocycles. The zero-order valence-corrected chi connectivity index (χ0v) is 15.0. The number of rotatable bonds is 4. The Morgan fingerprint density at radius 1 is 1.29 bits per heavy atom. The molecule has 2 heterocycles. The fourth-order valence-corrected chi connectivity index (χ4v) is 4.41. The Labute approximate surface area is 143 Å². The van der Waals surface area contributed by atoms with Gasteiger partial charge >= 0.3 is 0 Å². The van der Waals surface area contributed by atoms with Crippen LogP contribution in [-0.2, 0) is 15.3 Å². The van der Waals surface area contributed by atoms with E-state index in [2.05, 4.69) is 24.1 Å². The fourth-order valence-electron chi connectivity index (χ4n) is 3.13. The lowest BCUT2D eigenvalue weighted by atomic mass is 9.86. The Morgan fingerprint density at radius 3 is 2.71 bits per heavy atom. The third-order valence-corrected chi connectivity index (χ3v) is 6.33. The Morgan fingerprint density at radius 2 is 2.00 bits per heavy atom. The summed E-state index contributed by atoms with van der Waals surface area (Å²) >= 11 is 0. The first-order chi connectivity index (χ1) is 11.3. The molecule has 1 saturated heterocycles. The lowest BCUT2D eigenvalue weighted by Crippen LogP contribution is -2.43. The summed E-state index contributed by atoms with van der Waals surface area (Å²) in [5.41, 5.74) is 1.56. The van der Waals surface area contributed by atoms with Gasteiger partial charge in [-0.05, 0) is 6.07 Å². The minimum absolute atomic E-state index is 0.0785. The normalized spacial score (nSPS) is 21.8. The molecule has 1 amide bonds. The van der Waals surface area contributed by atoms with Crippen molar-refractivity contribution in [3.63, 3.8) is 0 Å². The second-order valence-corrected chi connectivity index (χ2v) is 9.41. The summed E-state index contributed by atoms with van der Waals surface area (Å²) in [5.74, 6) is 0.949. The van der Waals surface area contributed by atoms with E-state index in [0.29, 0.717) is 44.1 Å². The van der Waals surface area contributed by atoms with Crippen LogP contribution in [0.25, 0.3) is 0 Å². The number of hydrogen-bond donors (Lipinski definition) is 1. The monoisotopic (exact) mass is 352 g/mol. The lowest BCUT2D eigenvalue weighted by molar-refractivity contribution is 0.0945. The van der Waals surface area contributed by atoms with Gasteiger partial charge in [-0.15, -0.1) is 0 Å². The number of amides is 1. The molecule has 0 radical (unpaired) electrons. The first-order valence-electron chi connectivity index (χ1n) is 8.26. The molecular weight excluding hydrogens is 328 g/mol. The molecule has 0 saturated carbocycles. The predicted octanol–water partition coefficient (Wildman–Crippen LogP) is 0.817. The van der Waals surface area contributed by atoms with Gasteiger partial charge in [-0.3, -0.25) is 9.69 Å². The van der Waals surface area contributed by atoms with E-state index >= 15 is 0 Å². The van der Waals surface area contributed by atoms with E-state index in [9.17, 15) is 13.2 Å². The second kappa shape index (κ2) is 6.37. The quantitative estimate of drug-likeness (QED) is 0.868. The number of nitrogens with zero attached hydrogens (tertiary/aromatic N) is 1. The number of benzene rings is 1. The first kappa shape index (κ1) is 17.2. The van der Waals surface area contributed by atoms with Gasteiger partial charge in [-0.1, -0.05) is 26.0 Å². The van der Waals surface area contributed by atoms with Crippen LogP contribution < -0.4 is 10.1 Å². The zero-order valence-electron chi connectivity index (χ0n) is 14.2. The summed E-state index contributed by atoms with van der Waals surface area (Å²) in [6.45, 7) is 7.01. The molecule has 1 aromatic rings. The molecule has 7 heteroatoms. The summed E-state index contributed by atoms with van der Waals surface area (Å²) in [7, 11) is -2.86. The van der Waals surface area contributed by atoms with Crippen molar-refractivity contribution in [3.05, 3.63) is 29.3 Å². The average Bonchev–Trinajstić information content (AvgIpc) is 2.84. The van der Waals surface area contributed by atoms with E-state index < -0.39 is 9.84 Å². The van der Waals surface area contributed by atoms with Crippen molar-refractivity contribution in [2.24, 2.45) is 0 Å². The Hall–Kier alpha value is -1.60. The van der Waals surface area contributed by atoms with Gasteiger partial charge in [0.2, 0.25) is 0 Å². The molecule has 0 atom stereocenters. The van der Waals surface area contributed by atoms with Crippen molar-refractivity contribution < 1.29 is 17.9 Å². The van der Waals surface area contributed by atoms with Crippen molar-refractivity contribution in [2.75, 3.05) is 44.3 Å². The Kier molecular flexibility index (Phi) is 4.57. The van der Waals surface area contributed by atoms with Crippen molar-refractivity contribution in [1.82, 2.24) is 10.2 Å². The smallest absolute Gasteiger partial charge is 0.255 e. The topological polar surface area (TPSA) is 75.7 Å². The molecular formula is C17H24N2O4S. The maximum atomic E-state index is 12.5. The van der Waals surface area contributed by atoms with E-state index in [-0.39, 0.29) is 22.8 Å². The molecule has 0 aliphatic carbocycles. The van der Waals surface area contributed by atoms with Gasteiger partial charge < -0.3 is 10.1 Å². The number of nitrogens with one attached hydrogen (secondary N) is 1. The fraction of sp³-hybridized carbons (Fsp3) is 0.588. The second-order valence-electron chi connectivity index (χ2n) is 7.10. The molecule has 6 nitrogen and oxygen atoms in total. The van der Waals surface area contributed by atoms with Crippen LogP contribution in [0.4, 0.5) is 0 Å². The van der Waals surface area contributed by atoms with Crippen molar-refractivity contribution in [3.8, 4) is 5.75 Å². The number of sulfone groups is 1. The Bertz CT molecular complexity index is 729. The maximum absolute atomic E-state index is 12.5. The van der Waals surface area contributed by atoms with Gasteiger partial charge in [0.15, 0.2) is 9.84 Å². The van der Waals surface area contributed by atoms with Crippen LogP contribution >= 0.6 is 0 Å². The SMILES string of the molecule is CC1(C)COc2c(C(=O)NCCN3CCS(=O)(=O)CC3)cccc21. The van der Waals surface area contributed by atoms with Gasteiger partial charge in [0.25, 0.3) is 5.91 Å². The largest absolute Gasteiger partial charge is 0.492 e. The lowest BCUT2D eigenvalue weighted by Gasteiger charge is -2.26. The van der Waals surface area contributed by atoms with Crippen LogP contribution in [0.5, 0.6) is 5.75 Å². The van der Waals surface area contributed by atoms with Crippen LogP contribution in [-0.4, -0.2) is 63.5 Å². The molecule has 24 heavy (non-hydrogen) atoms. The van der Waals surface area contributed by atoms with Gasteiger partial charge in [-0.25, -0.2) is 8.42 Å². The summed E-state index contributed by atoms with van der Waals surface area (Å²) in [6, 6.07) is 5.68. The number of para-hydroxylation sites is 1. The number of hydrogen-bond acceptors (Lipinski definition) is 5. The highest BCUT2D eigenvalue weighted by atomic mass is 32.2. The van der Waals surface area contributed by atoms with E-state index in [1.807, 2.05) is 12.1 Å². The standard InChI is InChI=1S/C17H24N2O4S/c1-17(2)12-23-15-13(4-3-5-14(15)17)16(20)18-6-7-19-8-10-24(21,22)11-9-19/h3-5H,6-12H2,1-2H3,(H,18,20). The summed E-state index contributed by atoms with van der Waals surface area (Å²) in [4.78, 5) is 14.5. The molecule has 1 fully saturated rings. The molecule has 132 valence electrons. The third-order valence-electron chi connectivity index (χ3n) is 4.72. The van der Waals surface area contributed by atoms with Crippen LogP contribution in [0.3, 0.4) is 0 Å². The van der Waals surface area contributed by atoms with Crippen molar-refractivity contribution >= 4 is 15.7 Å². The molecule has 0 unspecified atom stereocenters. The molecule has 0 spiro atoms. The number of carbonyl (C=O) groups excluding carboxylic acids is 1. The van der Waals surface area contributed by atoms with Crippen LogP contribution in [0.1, 0.15) is 29.8 Å². The highest BCUT2D eigenvalue weighted by molar-refractivity contribution is 7.91. The van der Waals surface area contributed by atoms with Crippen molar-refractivity contribution in [2.45, 2.75) is 19.3 Å². The van der Waals surface area contributed by atoms with Gasteiger partial charge in [0.1, 0.15) is 5.75 Å². The number of fused-ring (bicyclic) bond motifs is 1. The zero-order chi connectivity index (χ0) is 17.4. The minimum atomic E-state index is -2.86. The van der Waals surface area contributed by atoms with Gasteiger partial charge in [0, 0.05) is 37.2 Å². The van der Waals surface area contributed by atoms with Crippen LogP contribution in [0, 0.1) is 0 Å². The highest BCUT2D eigenvalue weighted by Gasteiger charge is 2.34. The van der Waals surface area contributed by atoms with Gasteiger partial charge in [0.05, 0.1) is 23.7 Å². The molecule has 1 N–H and O–H groups in total. The predicted molar refractivity (Wildman–Crippen MR) is 92.4 cm³/mol. The highest BCUT2D eigenvalue weighted by Crippen LogP contribution is 2.40.